The minimum absolute atomic E-state index is 0.200. The number of hydrogen-bond acceptors (Lipinski definition) is 5. The first-order valence-corrected chi connectivity index (χ1v) is 6.95. The van der Waals surface area contributed by atoms with Crippen LogP contribution in [0.4, 0.5) is 0 Å². The van der Waals surface area contributed by atoms with E-state index >= 15 is 0 Å². The lowest BCUT2D eigenvalue weighted by molar-refractivity contribution is -0.255. The Labute approximate surface area is 122 Å². The molecule has 0 fully saturated rings. The maximum atomic E-state index is 11.1. The summed E-state index contributed by atoms with van der Waals surface area (Å²) in [4.78, 5) is 30.4. The van der Waals surface area contributed by atoms with Gasteiger partial charge in [0.05, 0.1) is 13.7 Å². The lowest BCUT2D eigenvalue weighted by atomic mass is 10.2. The van der Waals surface area contributed by atoms with Gasteiger partial charge < -0.3 is 4.74 Å². The number of carbonyl (C=O) groups is 2. The van der Waals surface area contributed by atoms with Crippen LogP contribution in [-0.4, -0.2) is 25.7 Å². The van der Waals surface area contributed by atoms with Crippen LogP contribution in [0.15, 0.2) is 12.2 Å². The first-order valence-electron chi connectivity index (χ1n) is 6.95. The Balaban J connectivity index is 0. The monoisotopic (exact) mass is 288 g/mol. The van der Waals surface area contributed by atoms with Crippen molar-refractivity contribution in [3.63, 3.8) is 0 Å². The summed E-state index contributed by atoms with van der Waals surface area (Å²) in [7, 11) is 1.28. The largest absolute Gasteiger partial charge is 0.466 e. The first-order chi connectivity index (χ1) is 9.43. The van der Waals surface area contributed by atoms with E-state index in [0.717, 1.165) is 12.8 Å². The van der Waals surface area contributed by atoms with E-state index < -0.39 is 5.97 Å². The summed E-state index contributed by atoms with van der Waals surface area (Å²) in [5, 5.41) is 0. The van der Waals surface area contributed by atoms with E-state index in [2.05, 4.69) is 16.4 Å². The number of ether oxygens (including phenoxy) is 1. The van der Waals surface area contributed by atoms with E-state index in [-0.39, 0.29) is 12.4 Å². The Kier molecular flexibility index (Phi) is 16.4. The summed E-state index contributed by atoms with van der Waals surface area (Å²) in [6.45, 7) is 10.0. The van der Waals surface area contributed by atoms with E-state index in [0.29, 0.717) is 25.9 Å². The highest BCUT2D eigenvalue weighted by atomic mass is 17.2. The topological polar surface area (TPSA) is 61.8 Å². The van der Waals surface area contributed by atoms with Crippen LogP contribution in [0.3, 0.4) is 0 Å². The van der Waals surface area contributed by atoms with Crippen molar-refractivity contribution in [3.8, 4) is 0 Å². The van der Waals surface area contributed by atoms with Gasteiger partial charge in [-0.2, -0.15) is 4.89 Å². The molecule has 0 aliphatic rings. The normalized spacial score (nSPS) is 9.20. The molecule has 0 aromatic rings. The molecule has 0 radical (unpaired) electrons. The number of unbranched alkanes of at least 4 members (excludes halogenated alkanes) is 2. The highest BCUT2D eigenvalue weighted by Gasteiger charge is 2.05. The molecule has 20 heavy (non-hydrogen) atoms. The van der Waals surface area contributed by atoms with Gasteiger partial charge in [0.2, 0.25) is 0 Å². The quantitative estimate of drug-likeness (QED) is 0.213. The van der Waals surface area contributed by atoms with Gasteiger partial charge in [-0.05, 0) is 33.1 Å². The van der Waals surface area contributed by atoms with E-state index in [1.54, 1.807) is 0 Å². The van der Waals surface area contributed by atoms with Gasteiger partial charge in [-0.25, -0.2) is 4.79 Å². The minimum atomic E-state index is -0.415. The molecule has 0 saturated heterocycles. The predicted octanol–water partition coefficient (Wildman–Crippen LogP) is 3.58. The molecular weight excluding hydrogens is 260 g/mol. The van der Waals surface area contributed by atoms with Crippen molar-refractivity contribution in [2.45, 2.75) is 59.3 Å². The Hall–Kier alpha value is -1.36. The van der Waals surface area contributed by atoms with Crippen LogP contribution in [0.1, 0.15) is 59.3 Å². The van der Waals surface area contributed by atoms with Crippen LogP contribution in [0.25, 0.3) is 0 Å². The van der Waals surface area contributed by atoms with Crippen molar-refractivity contribution in [1.82, 2.24) is 0 Å². The van der Waals surface area contributed by atoms with Gasteiger partial charge in [0.15, 0.2) is 0 Å². The molecule has 5 nitrogen and oxygen atoms in total. The van der Waals surface area contributed by atoms with Gasteiger partial charge in [0, 0.05) is 12.8 Å². The third-order valence-electron chi connectivity index (χ3n) is 1.95. The van der Waals surface area contributed by atoms with Crippen LogP contribution in [0.5, 0.6) is 0 Å². The second-order valence-corrected chi connectivity index (χ2v) is 4.61. The highest BCUT2D eigenvalue weighted by Crippen LogP contribution is 2.03. The van der Waals surface area contributed by atoms with Gasteiger partial charge in [-0.1, -0.05) is 18.9 Å². The average molecular weight is 288 g/mol. The molecule has 0 unspecified atom stereocenters. The van der Waals surface area contributed by atoms with Crippen molar-refractivity contribution >= 4 is 11.9 Å². The fourth-order valence-electron chi connectivity index (χ4n) is 1.08. The van der Waals surface area contributed by atoms with E-state index in [1.807, 2.05) is 20.8 Å². The standard InChI is InChI=1S/C11H20O5.C4H8/c1-3-4-9-15-10(12)7-5-6-8-11(13)16-14-2;1-4(2)3/h3-9H2,1-2H3;1H2,2-3H3. The molecule has 0 rings (SSSR count). The van der Waals surface area contributed by atoms with Gasteiger partial charge in [0.25, 0.3) is 0 Å². The van der Waals surface area contributed by atoms with Gasteiger partial charge >= 0.3 is 11.9 Å². The average Bonchev–Trinajstić information content (AvgIpc) is 2.35. The van der Waals surface area contributed by atoms with Crippen molar-refractivity contribution < 1.29 is 24.1 Å². The molecule has 0 atom stereocenters. The molecule has 0 spiro atoms. The summed E-state index contributed by atoms with van der Waals surface area (Å²) < 4.78 is 4.96. The summed E-state index contributed by atoms with van der Waals surface area (Å²) in [6, 6.07) is 0. The van der Waals surface area contributed by atoms with Gasteiger partial charge in [-0.15, -0.1) is 6.58 Å². The van der Waals surface area contributed by atoms with Crippen LogP contribution in [0, 0.1) is 0 Å². The summed E-state index contributed by atoms with van der Waals surface area (Å²) in [6.07, 6.45) is 3.75. The minimum Gasteiger partial charge on any atom is -0.466 e. The van der Waals surface area contributed by atoms with Crippen molar-refractivity contribution in [2.24, 2.45) is 0 Å². The molecule has 0 bridgehead atoms. The zero-order valence-corrected chi connectivity index (χ0v) is 13.2. The maximum absolute atomic E-state index is 11.1. The molecule has 0 amide bonds. The molecule has 0 aliphatic carbocycles. The third kappa shape index (κ3) is 21.9. The number of esters is 1. The van der Waals surface area contributed by atoms with Crippen LogP contribution in [0.2, 0.25) is 0 Å². The fourth-order valence-corrected chi connectivity index (χ4v) is 1.08. The van der Waals surface area contributed by atoms with E-state index in [4.69, 9.17) is 4.74 Å². The number of carbonyl (C=O) groups excluding carboxylic acids is 2. The maximum Gasteiger partial charge on any atom is 0.342 e. The molecule has 0 N–H and O–H groups in total. The zero-order valence-electron chi connectivity index (χ0n) is 13.2. The Morgan fingerprint density at radius 3 is 1.95 bits per heavy atom. The fraction of sp³-hybridized carbons (Fsp3) is 0.733. The highest BCUT2D eigenvalue weighted by molar-refractivity contribution is 5.70. The van der Waals surface area contributed by atoms with E-state index in [1.165, 1.54) is 12.7 Å². The number of rotatable bonds is 9. The molecule has 118 valence electrons. The lowest BCUT2D eigenvalue weighted by Gasteiger charge is -2.03. The molecule has 0 aromatic carbocycles. The Morgan fingerprint density at radius 2 is 1.50 bits per heavy atom. The van der Waals surface area contributed by atoms with Gasteiger partial charge in [0.1, 0.15) is 0 Å². The second kappa shape index (κ2) is 15.7. The van der Waals surface area contributed by atoms with Gasteiger partial charge in [-0.3, -0.25) is 9.68 Å². The van der Waals surface area contributed by atoms with Crippen LogP contribution < -0.4 is 0 Å². The van der Waals surface area contributed by atoms with Crippen LogP contribution in [-0.2, 0) is 24.1 Å². The third-order valence-corrected chi connectivity index (χ3v) is 1.95. The smallest absolute Gasteiger partial charge is 0.342 e. The SMILES string of the molecule is C=C(C)C.CCCCOC(=O)CCCCC(=O)OOC. The molecule has 5 heteroatoms. The summed E-state index contributed by atoms with van der Waals surface area (Å²) >= 11 is 0. The summed E-state index contributed by atoms with van der Waals surface area (Å²) in [5.74, 6) is -0.615. The number of hydrogen-bond donors (Lipinski definition) is 0. The predicted molar refractivity (Wildman–Crippen MR) is 77.9 cm³/mol. The zero-order chi connectivity index (χ0) is 15.8. The van der Waals surface area contributed by atoms with Crippen molar-refractivity contribution in [2.75, 3.05) is 13.7 Å². The molecule has 0 saturated carbocycles. The van der Waals surface area contributed by atoms with E-state index in [9.17, 15) is 9.59 Å². The summed E-state index contributed by atoms with van der Waals surface area (Å²) in [5.41, 5.74) is 1.17. The van der Waals surface area contributed by atoms with Crippen molar-refractivity contribution in [1.29, 1.82) is 0 Å². The van der Waals surface area contributed by atoms with Crippen molar-refractivity contribution in [3.05, 3.63) is 12.2 Å². The molecule has 0 aliphatic heterocycles. The Morgan fingerprint density at radius 1 is 1.00 bits per heavy atom. The lowest BCUT2D eigenvalue weighted by Crippen LogP contribution is -2.07. The number of allylic oxidation sites excluding steroid dienone is 1. The molecular formula is C15H28O5. The molecule has 0 heterocycles. The Bertz CT molecular complexity index is 269. The van der Waals surface area contributed by atoms with Crippen LogP contribution >= 0.6 is 0 Å². The first kappa shape index (κ1) is 20.9. The second-order valence-electron chi connectivity index (χ2n) is 4.61. The molecule has 0 aromatic heterocycles.